The molecular weight excluding hydrogens is 403 g/mol. The first kappa shape index (κ1) is 22.9. The fraction of sp³-hybridized carbons (Fsp3) is 0.500. The maximum Gasteiger partial charge on any atom is 0.257 e. The predicted molar refractivity (Wildman–Crippen MR) is 113 cm³/mol. The maximum absolute atomic E-state index is 13.4. The van der Waals surface area contributed by atoms with Gasteiger partial charge in [-0.3, -0.25) is 9.59 Å². The molecule has 1 atom stereocenters. The van der Waals surface area contributed by atoms with Crippen molar-refractivity contribution >= 4 is 17.5 Å². The third-order valence-electron chi connectivity index (χ3n) is 6.04. The van der Waals surface area contributed by atoms with Crippen molar-refractivity contribution < 1.29 is 24.2 Å². The highest BCUT2D eigenvalue weighted by Crippen LogP contribution is 2.28. The van der Waals surface area contributed by atoms with Crippen LogP contribution in [0.3, 0.4) is 0 Å². The molecule has 2 aromatic rings. The van der Waals surface area contributed by atoms with Gasteiger partial charge < -0.3 is 25.4 Å². The minimum Gasteiger partial charge on any atom is -0.393 e. The van der Waals surface area contributed by atoms with Crippen molar-refractivity contribution in [2.24, 2.45) is 7.05 Å². The van der Waals surface area contributed by atoms with Gasteiger partial charge >= 0.3 is 0 Å². The quantitative estimate of drug-likeness (QED) is 0.541. The summed E-state index contributed by atoms with van der Waals surface area (Å²) in [4.78, 5) is 29.2. The molecule has 2 aromatic heterocycles. The van der Waals surface area contributed by atoms with Gasteiger partial charge in [0.25, 0.3) is 11.8 Å². The second-order valence-electron chi connectivity index (χ2n) is 8.23. The highest BCUT2D eigenvalue weighted by atomic mass is 19.1. The van der Waals surface area contributed by atoms with Crippen molar-refractivity contribution in [1.29, 1.82) is 0 Å². The van der Waals surface area contributed by atoms with Crippen molar-refractivity contribution in [1.82, 2.24) is 14.9 Å². The number of amides is 2. The minimum absolute atomic E-state index is 0.0933. The summed E-state index contributed by atoms with van der Waals surface area (Å²) in [6, 6.07) is 1.39. The number of nitrogens with zero attached hydrogens (tertiary/aromatic N) is 2. The first-order valence-corrected chi connectivity index (χ1v) is 10.4. The molecule has 9 heteroatoms. The monoisotopic (exact) mass is 432 g/mol. The van der Waals surface area contributed by atoms with Crippen LogP contribution < -0.4 is 10.6 Å². The molecule has 1 fully saturated rings. The van der Waals surface area contributed by atoms with Crippen molar-refractivity contribution in [3.05, 3.63) is 46.3 Å². The number of hydrogen-bond acceptors (Lipinski definition) is 5. The minimum atomic E-state index is -1.44. The van der Waals surface area contributed by atoms with E-state index in [-0.39, 0.29) is 12.1 Å². The van der Waals surface area contributed by atoms with Gasteiger partial charge in [0.2, 0.25) is 5.95 Å². The van der Waals surface area contributed by atoms with Crippen LogP contribution in [0.2, 0.25) is 0 Å². The first-order valence-electron chi connectivity index (χ1n) is 10.4. The van der Waals surface area contributed by atoms with E-state index in [1.165, 1.54) is 12.3 Å². The highest BCUT2D eigenvalue weighted by Gasteiger charge is 2.30. The number of aliphatic hydroxyl groups is 2. The summed E-state index contributed by atoms with van der Waals surface area (Å²) < 4.78 is 15.0. The third kappa shape index (κ3) is 4.77. The SMILES string of the molecule is Cc1cc(NC(=O)c2c(C)c(C(O)C(=O)N[C@H]3CC[C@@H](O)CC3)n(C)c2C)cnc1F. The Labute approximate surface area is 180 Å². The molecule has 0 aliphatic heterocycles. The van der Waals surface area contributed by atoms with Gasteiger partial charge in [-0.15, -0.1) is 0 Å². The highest BCUT2D eigenvalue weighted by molar-refractivity contribution is 6.06. The molecule has 1 saturated carbocycles. The number of anilines is 1. The first-order chi connectivity index (χ1) is 14.6. The van der Waals surface area contributed by atoms with Crippen molar-refractivity contribution in [2.75, 3.05) is 5.32 Å². The summed E-state index contributed by atoms with van der Waals surface area (Å²) in [6.07, 6.45) is 2.01. The number of aromatic nitrogens is 2. The fourth-order valence-electron chi connectivity index (χ4n) is 4.17. The van der Waals surface area contributed by atoms with E-state index >= 15 is 0 Å². The zero-order valence-corrected chi connectivity index (χ0v) is 18.2. The standard InChI is InChI=1S/C22H29FN4O4/c1-11-9-15(10-24-20(11)23)26-21(30)17-12(2)18(27(4)13(17)3)19(29)22(31)25-14-5-7-16(28)8-6-14/h9-10,14,16,19,28-29H,5-8H2,1-4H3,(H,25,31)(H,26,30)/t14-,16+,19?. The van der Waals surface area contributed by atoms with Crippen LogP contribution in [0.15, 0.2) is 12.3 Å². The van der Waals surface area contributed by atoms with Gasteiger partial charge in [0.05, 0.1) is 29.2 Å². The Kier molecular flexibility index (Phi) is 6.76. The summed E-state index contributed by atoms with van der Waals surface area (Å²) in [7, 11) is 1.69. The van der Waals surface area contributed by atoms with Gasteiger partial charge in [-0.1, -0.05) is 0 Å². The van der Waals surface area contributed by atoms with Gasteiger partial charge in [-0.2, -0.15) is 4.39 Å². The lowest BCUT2D eigenvalue weighted by atomic mass is 9.93. The molecule has 3 rings (SSSR count). The van der Waals surface area contributed by atoms with Crippen molar-refractivity contribution in [3.8, 4) is 0 Å². The number of carbonyl (C=O) groups excluding carboxylic acids is 2. The van der Waals surface area contributed by atoms with Crippen LogP contribution in [0.1, 0.15) is 64.7 Å². The topological polar surface area (TPSA) is 116 Å². The second-order valence-corrected chi connectivity index (χ2v) is 8.23. The van der Waals surface area contributed by atoms with Gasteiger partial charge in [-0.05, 0) is 58.1 Å². The molecule has 31 heavy (non-hydrogen) atoms. The zero-order valence-electron chi connectivity index (χ0n) is 18.2. The zero-order chi connectivity index (χ0) is 22.9. The van der Waals surface area contributed by atoms with Crippen molar-refractivity contribution in [3.63, 3.8) is 0 Å². The number of nitrogens with one attached hydrogen (secondary N) is 2. The average molecular weight is 432 g/mol. The average Bonchev–Trinajstić information content (AvgIpc) is 2.94. The van der Waals surface area contributed by atoms with Gasteiger partial charge in [0, 0.05) is 24.3 Å². The van der Waals surface area contributed by atoms with E-state index in [0.29, 0.717) is 59.4 Å². The van der Waals surface area contributed by atoms with Gasteiger partial charge in [-0.25, -0.2) is 4.98 Å². The molecular formula is C22H29FN4O4. The second kappa shape index (κ2) is 9.15. The molecule has 0 aromatic carbocycles. The summed E-state index contributed by atoms with van der Waals surface area (Å²) >= 11 is 0. The maximum atomic E-state index is 13.4. The predicted octanol–water partition coefficient (Wildman–Crippen LogP) is 2.19. The van der Waals surface area contributed by atoms with Crippen LogP contribution in [0, 0.1) is 26.7 Å². The fourth-order valence-corrected chi connectivity index (χ4v) is 4.17. The Balaban J connectivity index is 1.79. The van der Waals surface area contributed by atoms with Crippen molar-refractivity contribution in [2.45, 2.75) is 64.7 Å². The number of rotatable bonds is 5. The van der Waals surface area contributed by atoms with Crippen LogP contribution in [0.25, 0.3) is 0 Å². The molecule has 4 N–H and O–H groups in total. The summed E-state index contributed by atoms with van der Waals surface area (Å²) in [5.74, 6) is -1.57. The van der Waals surface area contributed by atoms with Gasteiger partial charge in [0.15, 0.2) is 6.10 Å². The Morgan fingerprint density at radius 3 is 2.48 bits per heavy atom. The molecule has 2 heterocycles. The molecule has 8 nitrogen and oxygen atoms in total. The lowest BCUT2D eigenvalue weighted by Crippen LogP contribution is -2.41. The lowest BCUT2D eigenvalue weighted by molar-refractivity contribution is -0.131. The largest absolute Gasteiger partial charge is 0.393 e. The molecule has 0 saturated heterocycles. The summed E-state index contributed by atoms with van der Waals surface area (Å²) in [5, 5.41) is 25.9. The van der Waals surface area contributed by atoms with E-state index in [1.54, 1.807) is 32.4 Å². The summed E-state index contributed by atoms with van der Waals surface area (Å²) in [5.41, 5.74) is 2.42. The van der Waals surface area contributed by atoms with E-state index in [0.717, 1.165) is 0 Å². The smallest absolute Gasteiger partial charge is 0.257 e. The number of pyridine rings is 1. The molecule has 1 unspecified atom stereocenters. The lowest BCUT2D eigenvalue weighted by Gasteiger charge is -2.27. The number of aliphatic hydroxyl groups excluding tert-OH is 2. The molecule has 0 spiro atoms. The van der Waals surface area contributed by atoms with E-state index < -0.39 is 23.9 Å². The van der Waals surface area contributed by atoms with E-state index in [9.17, 15) is 24.2 Å². The van der Waals surface area contributed by atoms with Crippen LogP contribution in [0.5, 0.6) is 0 Å². The van der Waals surface area contributed by atoms with E-state index in [4.69, 9.17) is 0 Å². The third-order valence-corrected chi connectivity index (χ3v) is 6.04. The summed E-state index contributed by atoms with van der Waals surface area (Å²) in [6.45, 7) is 4.96. The Hall–Kier alpha value is -2.78. The molecule has 1 aliphatic rings. The number of halogens is 1. The normalized spacial score (nSPS) is 19.7. The molecule has 2 amide bonds. The number of hydrogen-bond donors (Lipinski definition) is 4. The molecule has 0 bridgehead atoms. The van der Waals surface area contributed by atoms with Crippen LogP contribution in [0.4, 0.5) is 10.1 Å². The van der Waals surface area contributed by atoms with Crippen LogP contribution in [-0.4, -0.2) is 43.7 Å². The molecule has 1 aliphatic carbocycles. The molecule has 168 valence electrons. The number of carbonyl (C=O) groups is 2. The Morgan fingerprint density at radius 2 is 1.87 bits per heavy atom. The molecule has 0 radical (unpaired) electrons. The van der Waals surface area contributed by atoms with Crippen LogP contribution in [-0.2, 0) is 11.8 Å². The Morgan fingerprint density at radius 1 is 1.23 bits per heavy atom. The van der Waals surface area contributed by atoms with Gasteiger partial charge in [0.1, 0.15) is 0 Å². The Bertz CT molecular complexity index is 996. The van der Waals surface area contributed by atoms with E-state index in [2.05, 4.69) is 15.6 Å². The van der Waals surface area contributed by atoms with E-state index in [1.807, 2.05) is 0 Å². The number of aryl methyl sites for hydroxylation is 1. The van der Waals surface area contributed by atoms with Crippen LogP contribution >= 0.6 is 0 Å².